The smallest absolute Gasteiger partial charge is 0.276 e. The van der Waals surface area contributed by atoms with Crippen LogP contribution >= 0.6 is 23.2 Å². The number of carbonyl (C=O) groups excluding carboxylic acids is 1. The maximum Gasteiger partial charge on any atom is 0.276 e. The molecule has 28 heavy (non-hydrogen) atoms. The second-order valence-electron chi connectivity index (χ2n) is 5.48. The largest absolute Gasteiger partial charge is 0.489 e. The van der Waals surface area contributed by atoms with E-state index in [0.29, 0.717) is 16.3 Å². The molecule has 0 spiro atoms. The van der Waals surface area contributed by atoms with Crippen LogP contribution in [0.25, 0.3) is 0 Å². The first-order valence-corrected chi connectivity index (χ1v) is 8.66. The van der Waals surface area contributed by atoms with Crippen LogP contribution in [0.4, 0.5) is 15.9 Å². The van der Waals surface area contributed by atoms with Crippen molar-refractivity contribution in [3.63, 3.8) is 0 Å². The number of rotatable bonds is 6. The van der Waals surface area contributed by atoms with E-state index in [1.165, 1.54) is 36.9 Å². The van der Waals surface area contributed by atoms with Crippen LogP contribution in [-0.2, 0) is 6.42 Å². The molecule has 0 atom stereocenters. The molecule has 0 radical (unpaired) electrons. The molecule has 11 heteroatoms. The predicted octanol–water partition coefficient (Wildman–Crippen LogP) is 3.17. The molecule has 1 aromatic carbocycles. The van der Waals surface area contributed by atoms with Crippen LogP contribution in [-0.4, -0.2) is 32.7 Å². The molecular formula is C17H13Cl2FN6O2. The van der Waals surface area contributed by atoms with E-state index < -0.39 is 11.7 Å². The maximum absolute atomic E-state index is 13.6. The highest BCUT2D eigenvalue weighted by molar-refractivity contribution is 6.36. The summed E-state index contributed by atoms with van der Waals surface area (Å²) >= 11 is 12.0. The zero-order chi connectivity index (χ0) is 20.1. The van der Waals surface area contributed by atoms with Crippen molar-refractivity contribution in [2.45, 2.75) is 6.42 Å². The van der Waals surface area contributed by atoms with Gasteiger partial charge in [-0.3, -0.25) is 4.79 Å². The molecular weight excluding hydrogens is 410 g/mol. The lowest BCUT2D eigenvalue weighted by Gasteiger charge is -2.11. The number of nitrogen functional groups attached to an aromatic ring is 1. The highest BCUT2D eigenvalue weighted by atomic mass is 35.5. The molecule has 0 aliphatic carbocycles. The number of hydrogen-bond acceptors (Lipinski definition) is 7. The first-order valence-electron chi connectivity index (χ1n) is 7.90. The number of nitrogens with one attached hydrogen (secondary N) is 1. The van der Waals surface area contributed by atoms with Gasteiger partial charge in [-0.05, 0) is 17.7 Å². The van der Waals surface area contributed by atoms with Crippen LogP contribution in [0.5, 0.6) is 5.75 Å². The van der Waals surface area contributed by atoms with Crippen molar-refractivity contribution < 1.29 is 13.9 Å². The van der Waals surface area contributed by atoms with Crippen molar-refractivity contribution in [3.8, 4) is 5.75 Å². The molecule has 0 unspecified atom stereocenters. The molecule has 2 heterocycles. The molecule has 0 saturated heterocycles. The Hall–Kier alpha value is -3.04. The fourth-order valence-corrected chi connectivity index (χ4v) is 2.79. The van der Waals surface area contributed by atoms with Crippen molar-refractivity contribution >= 4 is 40.6 Å². The Morgan fingerprint density at radius 1 is 1.21 bits per heavy atom. The summed E-state index contributed by atoms with van der Waals surface area (Å²) in [7, 11) is 0. The standard InChI is InChI=1S/C17H13Cl2FN6O2/c18-11-1-2-12(20)15(19)10(11)3-4-28-14-5-13(25-26-16(14)21)17(27)24-9-6-22-8-23-7-9/h1-2,5-8H,3-4H2,(H2,21,26)(H,24,27). The molecule has 0 aliphatic rings. The number of benzene rings is 1. The lowest BCUT2D eigenvalue weighted by atomic mass is 10.1. The van der Waals surface area contributed by atoms with E-state index >= 15 is 0 Å². The van der Waals surface area contributed by atoms with Gasteiger partial charge in [0.2, 0.25) is 0 Å². The van der Waals surface area contributed by atoms with Gasteiger partial charge in [-0.15, -0.1) is 10.2 Å². The number of halogens is 3. The molecule has 1 amide bonds. The zero-order valence-electron chi connectivity index (χ0n) is 14.2. The van der Waals surface area contributed by atoms with Gasteiger partial charge in [-0.2, -0.15) is 0 Å². The third-order valence-corrected chi connectivity index (χ3v) is 4.35. The summed E-state index contributed by atoms with van der Waals surface area (Å²) in [5, 5.41) is 10.3. The number of nitrogens with zero attached hydrogens (tertiary/aromatic N) is 4. The first-order chi connectivity index (χ1) is 13.5. The normalized spacial score (nSPS) is 10.5. The number of aromatic nitrogens is 4. The van der Waals surface area contributed by atoms with Gasteiger partial charge in [0.1, 0.15) is 12.1 Å². The summed E-state index contributed by atoms with van der Waals surface area (Å²) in [6.45, 7) is 0.0758. The second-order valence-corrected chi connectivity index (χ2v) is 6.27. The fourth-order valence-electron chi connectivity index (χ4n) is 2.23. The third-order valence-electron chi connectivity index (χ3n) is 3.59. The van der Waals surface area contributed by atoms with Gasteiger partial charge in [0.05, 0.1) is 29.7 Å². The zero-order valence-corrected chi connectivity index (χ0v) is 15.7. The Morgan fingerprint density at radius 2 is 1.96 bits per heavy atom. The molecule has 0 aliphatic heterocycles. The molecule has 3 aromatic rings. The van der Waals surface area contributed by atoms with E-state index in [4.69, 9.17) is 33.7 Å². The van der Waals surface area contributed by atoms with Crippen molar-refractivity contribution in [1.29, 1.82) is 0 Å². The van der Waals surface area contributed by atoms with Crippen molar-refractivity contribution in [2.24, 2.45) is 0 Å². The highest BCUT2D eigenvalue weighted by Crippen LogP contribution is 2.28. The van der Waals surface area contributed by atoms with Crippen LogP contribution in [0.15, 0.2) is 36.9 Å². The highest BCUT2D eigenvalue weighted by Gasteiger charge is 2.15. The number of nitrogens with two attached hydrogens (primary N) is 1. The SMILES string of the molecule is Nc1nnc(C(=O)Nc2cncnc2)cc1OCCc1c(Cl)ccc(F)c1Cl. The molecule has 144 valence electrons. The van der Waals surface area contributed by atoms with Gasteiger partial charge < -0.3 is 15.8 Å². The van der Waals surface area contributed by atoms with Gasteiger partial charge in [-0.1, -0.05) is 23.2 Å². The van der Waals surface area contributed by atoms with E-state index in [1.807, 2.05) is 0 Å². The summed E-state index contributed by atoms with van der Waals surface area (Å²) in [5.74, 6) is -0.970. The van der Waals surface area contributed by atoms with Crippen LogP contribution in [0.1, 0.15) is 16.1 Å². The quantitative estimate of drug-likeness (QED) is 0.585. The van der Waals surface area contributed by atoms with Crippen molar-refractivity contribution in [2.75, 3.05) is 17.7 Å². The van der Waals surface area contributed by atoms with Crippen LogP contribution in [0.2, 0.25) is 10.0 Å². The Kier molecular flexibility index (Phi) is 6.17. The van der Waals surface area contributed by atoms with Gasteiger partial charge in [-0.25, -0.2) is 14.4 Å². The lowest BCUT2D eigenvalue weighted by molar-refractivity contribution is 0.102. The minimum atomic E-state index is -0.574. The molecule has 0 saturated carbocycles. The predicted molar refractivity (Wildman–Crippen MR) is 102 cm³/mol. The Labute approximate surface area is 168 Å². The number of ether oxygens (including phenoxy) is 1. The topological polar surface area (TPSA) is 116 Å². The maximum atomic E-state index is 13.6. The third kappa shape index (κ3) is 4.62. The molecule has 2 aromatic heterocycles. The van der Waals surface area contributed by atoms with Gasteiger partial charge >= 0.3 is 0 Å². The van der Waals surface area contributed by atoms with Crippen molar-refractivity contribution in [1.82, 2.24) is 20.2 Å². The fraction of sp³-hybridized carbons (Fsp3) is 0.118. The first kappa shape index (κ1) is 19.7. The van der Waals surface area contributed by atoms with E-state index in [1.54, 1.807) is 0 Å². The lowest BCUT2D eigenvalue weighted by Crippen LogP contribution is -2.16. The summed E-state index contributed by atoms with van der Waals surface area (Å²) in [5.41, 5.74) is 6.53. The molecule has 8 nitrogen and oxygen atoms in total. The number of hydrogen-bond donors (Lipinski definition) is 2. The second kappa shape index (κ2) is 8.77. The molecule has 3 N–H and O–H groups in total. The van der Waals surface area contributed by atoms with E-state index in [2.05, 4.69) is 25.5 Å². The summed E-state index contributed by atoms with van der Waals surface area (Å²) in [4.78, 5) is 19.9. The number of anilines is 2. The van der Waals surface area contributed by atoms with Gasteiger partial charge in [0, 0.05) is 17.5 Å². The summed E-state index contributed by atoms with van der Waals surface area (Å²) in [6, 6.07) is 3.94. The monoisotopic (exact) mass is 422 g/mol. The Balaban J connectivity index is 1.69. The average Bonchev–Trinajstić information content (AvgIpc) is 2.69. The van der Waals surface area contributed by atoms with E-state index in [9.17, 15) is 9.18 Å². The van der Waals surface area contributed by atoms with Gasteiger partial charge in [0.25, 0.3) is 5.91 Å². The molecule has 3 rings (SSSR count). The Morgan fingerprint density at radius 3 is 2.71 bits per heavy atom. The van der Waals surface area contributed by atoms with Crippen LogP contribution < -0.4 is 15.8 Å². The summed E-state index contributed by atoms with van der Waals surface area (Å²) in [6.07, 6.45) is 4.42. The minimum Gasteiger partial charge on any atom is -0.489 e. The van der Waals surface area contributed by atoms with E-state index in [-0.39, 0.29) is 35.3 Å². The minimum absolute atomic E-state index is 0.00368. The number of carbonyl (C=O) groups is 1. The number of amides is 1. The summed E-state index contributed by atoms with van der Waals surface area (Å²) < 4.78 is 19.1. The molecule has 0 fully saturated rings. The molecule has 0 bridgehead atoms. The van der Waals surface area contributed by atoms with E-state index in [0.717, 1.165) is 0 Å². The van der Waals surface area contributed by atoms with Crippen molar-refractivity contribution in [3.05, 3.63) is 64.0 Å². The van der Waals surface area contributed by atoms with Gasteiger partial charge in [0.15, 0.2) is 17.3 Å². The Bertz CT molecular complexity index is 1010. The van der Waals surface area contributed by atoms with Crippen LogP contribution in [0, 0.1) is 5.82 Å². The van der Waals surface area contributed by atoms with Crippen LogP contribution in [0.3, 0.4) is 0 Å². The average molecular weight is 423 g/mol.